The summed E-state index contributed by atoms with van der Waals surface area (Å²) in [6, 6.07) is 0. The molecule has 0 saturated carbocycles. The molecule has 0 radical (unpaired) electrons. The summed E-state index contributed by atoms with van der Waals surface area (Å²) in [5.41, 5.74) is -19.7. The van der Waals surface area contributed by atoms with Crippen LogP contribution in [0.25, 0.3) is 11.0 Å². The van der Waals surface area contributed by atoms with E-state index in [4.69, 9.17) is 0 Å². The van der Waals surface area contributed by atoms with Crippen molar-refractivity contribution in [2.75, 3.05) is 0 Å². The van der Waals surface area contributed by atoms with Crippen molar-refractivity contribution in [3.63, 3.8) is 0 Å². The average molecular weight is 458 g/mol. The van der Waals surface area contributed by atoms with Crippen LogP contribution in [-0.2, 0) is 24.7 Å². The van der Waals surface area contributed by atoms with Crippen LogP contribution in [0.4, 0.5) is 52.7 Å². The van der Waals surface area contributed by atoms with Crippen molar-refractivity contribution >= 4 is 11.0 Å². The van der Waals surface area contributed by atoms with Gasteiger partial charge in [0.1, 0.15) is 22.2 Å². The minimum atomic E-state index is -5.92. The highest BCUT2D eigenvalue weighted by molar-refractivity contribution is 5.68. The van der Waals surface area contributed by atoms with Crippen LogP contribution in [0, 0.1) is 0 Å². The van der Waals surface area contributed by atoms with Gasteiger partial charge in [0.25, 0.3) is 0 Å². The molecule has 30 heavy (non-hydrogen) atoms. The van der Waals surface area contributed by atoms with Gasteiger partial charge in [-0.25, -0.2) is 0 Å². The molecular formula is C14H2F12N2O2. The monoisotopic (exact) mass is 458 g/mol. The van der Waals surface area contributed by atoms with Crippen molar-refractivity contribution in [1.82, 2.24) is 8.80 Å². The molecule has 0 aliphatic heterocycles. The number of rotatable bonds is 0. The third-order valence-electron chi connectivity index (χ3n) is 4.00. The zero-order valence-corrected chi connectivity index (χ0v) is 13.4. The lowest BCUT2D eigenvalue weighted by Gasteiger charge is -2.17. The van der Waals surface area contributed by atoms with E-state index in [-0.39, 0.29) is 0 Å². The molecule has 3 aromatic rings. The molecule has 0 amide bonds. The molecule has 3 heterocycles. The zero-order chi connectivity index (χ0) is 23.2. The van der Waals surface area contributed by atoms with E-state index >= 15 is 0 Å². The van der Waals surface area contributed by atoms with Gasteiger partial charge in [0, 0.05) is 12.4 Å². The van der Waals surface area contributed by atoms with E-state index in [1.165, 1.54) is 0 Å². The molecule has 0 N–H and O–H groups in total. The summed E-state index contributed by atoms with van der Waals surface area (Å²) in [7, 11) is 0. The van der Waals surface area contributed by atoms with Crippen LogP contribution < -0.4 is 10.9 Å². The van der Waals surface area contributed by atoms with Crippen molar-refractivity contribution in [3.8, 4) is 0 Å². The number of nitrogens with zero attached hydrogens (tertiary/aromatic N) is 2. The summed E-state index contributed by atoms with van der Waals surface area (Å²) < 4.78 is 157. The smallest absolute Gasteiger partial charge is 0.305 e. The number of halogens is 12. The van der Waals surface area contributed by atoms with Gasteiger partial charge in [0.15, 0.2) is 11.4 Å². The molecule has 164 valence electrons. The Balaban J connectivity index is 2.80. The molecule has 0 bridgehead atoms. The van der Waals surface area contributed by atoms with E-state index in [1.807, 2.05) is 0 Å². The van der Waals surface area contributed by atoms with Crippen molar-refractivity contribution in [1.29, 1.82) is 0 Å². The predicted molar refractivity (Wildman–Crippen MR) is 72.1 cm³/mol. The fourth-order valence-electron chi connectivity index (χ4n) is 2.95. The van der Waals surface area contributed by atoms with Crippen LogP contribution in [-0.4, -0.2) is 8.80 Å². The molecule has 3 aromatic heterocycles. The zero-order valence-electron chi connectivity index (χ0n) is 13.4. The van der Waals surface area contributed by atoms with Crippen molar-refractivity contribution in [2.24, 2.45) is 0 Å². The van der Waals surface area contributed by atoms with Gasteiger partial charge < -0.3 is 8.80 Å². The summed E-state index contributed by atoms with van der Waals surface area (Å²) in [4.78, 5) is 23.9. The molecule has 0 spiro atoms. The fourth-order valence-corrected chi connectivity index (χ4v) is 2.95. The third-order valence-corrected chi connectivity index (χ3v) is 4.00. The normalized spacial score (nSPS) is 14.3. The highest BCUT2D eigenvalue weighted by Gasteiger charge is 2.48. The Morgan fingerprint density at radius 3 is 0.967 bits per heavy atom. The van der Waals surface area contributed by atoms with E-state index in [0.29, 0.717) is 0 Å². The molecule has 0 aliphatic carbocycles. The molecule has 0 aromatic carbocycles. The van der Waals surface area contributed by atoms with E-state index in [2.05, 4.69) is 0 Å². The van der Waals surface area contributed by atoms with Gasteiger partial charge in [0.2, 0.25) is 10.9 Å². The minimum Gasteiger partial charge on any atom is -0.305 e. The lowest BCUT2D eigenvalue weighted by molar-refractivity contribution is -0.146. The van der Waals surface area contributed by atoms with E-state index in [1.54, 1.807) is 0 Å². The van der Waals surface area contributed by atoms with Crippen molar-refractivity contribution in [3.05, 3.63) is 55.4 Å². The first-order chi connectivity index (χ1) is 13.3. The summed E-state index contributed by atoms with van der Waals surface area (Å²) >= 11 is 0. The standard InChI is InChI=1S/C14H2F12N2O2/c15-11(16,17)3-1-27-5(7(3)29)10(14(24,25)26)28-2-4(12(18,19)20)8(30)6(28)9(27)13(21,22)23/h1-2H. The van der Waals surface area contributed by atoms with Gasteiger partial charge in [-0.2, -0.15) is 52.7 Å². The second-order valence-electron chi connectivity index (χ2n) is 5.87. The Morgan fingerprint density at radius 1 is 0.500 bits per heavy atom. The summed E-state index contributed by atoms with van der Waals surface area (Å²) in [5, 5.41) is 0. The fraction of sp³-hybridized carbons (Fsp3) is 0.286. The van der Waals surface area contributed by atoms with Crippen LogP contribution in [0.15, 0.2) is 22.0 Å². The van der Waals surface area contributed by atoms with Gasteiger partial charge in [-0.1, -0.05) is 0 Å². The SMILES string of the molecule is O=c1c(C(F)(F)F)cn2c(C(F)(F)F)c3c(=O)c(C(F)(F)F)cn3c(C(F)(F)F)c12. The molecule has 4 nitrogen and oxygen atoms in total. The highest BCUT2D eigenvalue weighted by atomic mass is 19.4. The molecular weight excluding hydrogens is 456 g/mol. The van der Waals surface area contributed by atoms with Gasteiger partial charge >= 0.3 is 24.7 Å². The van der Waals surface area contributed by atoms with Gasteiger partial charge in [-0.15, -0.1) is 0 Å². The average Bonchev–Trinajstić information content (AvgIpc) is 3.01. The quantitative estimate of drug-likeness (QED) is 0.469. The summed E-state index contributed by atoms with van der Waals surface area (Å²) in [5.74, 6) is 0. The maximum atomic E-state index is 13.5. The second-order valence-corrected chi connectivity index (χ2v) is 5.87. The first-order valence-corrected chi connectivity index (χ1v) is 7.16. The minimum absolute atomic E-state index is 0.643. The molecule has 3 rings (SSSR count). The largest absolute Gasteiger partial charge is 0.434 e. The van der Waals surface area contributed by atoms with Gasteiger partial charge in [-0.3, -0.25) is 9.59 Å². The lowest BCUT2D eigenvalue weighted by Crippen LogP contribution is -2.25. The Hall–Kier alpha value is -2.94. The van der Waals surface area contributed by atoms with Gasteiger partial charge in [0.05, 0.1) is 0 Å². The molecule has 0 fully saturated rings. The molecule has 16 heteroatoms. The number of fused-ring (bicyclic) bond motifs is 2. The number of alkyl halides is 12. The third kappa shape index (κ3) is 3.04. The topological polar surface area (TPSA) is 43.0 Å². The second kappa shape index (κ2) is 5.81. The van der Waals surface area contributed by atoms with E-state index in [0.717, 1.165) is 0 Å². The van der Waals surface area contributed by atoms with Crippen molar-refractivity contribution < 1.29 is 52.7 Å². The van der Waals surface area contributed by atoms with Gasteiger partial charge in [-0.05, 0) is 0 Å². The Kier molecular flexibility index (Phi) is 4.22. The number of hydrogen-bond donors (Lipinski definition) is 0. The van der Waals surface area contributed by atoms with Crippen LogP contribution >= 0.6 is 0 Å². The predicted octanol–water partition coefficient (Wildman–Crippen LogP) is 4.43. The van der Waals surface area contributed by atoms with E-state index in [9.17, 15) is 62.3 Å². The maximum absolute atomic E-state index is 13.5. The molecule has 0 saturated heterocycles. The maximum Gasteiger partial charge on any atom is 0.434 e. The highest BCUT2D eigenvalue weighted by Crippen LogP contribution is 2.41. The van der Waals surface area contributed by atoms with Crippen LogP contribution in [0.2, 0.25) is 0 Å². The summed E-state index contributed by atoms with van der Waals surface area (Å²) in [6.07, 6.45) is -24.5. The Bertz CT molecular complexity index is 1170. The van der Waals surface area contributed by atoms with E-state index < -0.39 is 90.3 Å². The molecule has 0 unspecified atom stereocenters. The Labute approximate surface area is 153 Å². The van der Waals surface area contributed by atoms with Crippen molar-refractivity contribution in [2.45, 2.75) is 24.7 Å². The first kappa shape index (κ1) is 21.8. The first-order valence-electron chi connectivity index (χ1n) is 7.16. The van der Waals surface area contributed by atoms with Crippen LogP contribution in [0.1, 0.15) is 22.5 Å². The number of aromatic nitrogens is 2. The lowest BCUT2D eigenvalue weighted by atomic mass is 10.2. The van der Waals surface area contributed by atoms with Crippen LogP contribution in [0.5, 0.6) is 0 Å². The molecule has 0 aliphatic rings. The molecule has 0 atom stereocenters. The number of hydrogen-bond acceptors (Lipinski definition) is 2. The Morgan fingerprint density at radius 2 is 0.767 bits per heavy atom. The summed E-state index contributed by atoms with van der Waals surface area (Å²) in [6.45, 7) is 0. The van der Waals surface area contributed by atoms with Crippen LogP contribution in [0.3, 0.4) is 0 Å².